The highest BCUT2D eigenvalue weighted by Gasteiger charge is 2.05. The van der Waals surface area contributed by atoms with E-state index in [4.69, 9.17) is 4.74 Å². The van der Waals surface area contributed by atoms with E-state index < -0.39 is 0 Å². The molecule has 0 spiro atoms. The molecule has 0 aliphatic heterocycles. The summed E-state index contributed by atoms with van der Waals surface area (Å²) in [6.45, 7) is 5.08. The maximum absolute atomic E-state index is 11.1. The molecule has 0 amide bonds. The molecule has 4 heteroatoms. The first-order valence-electron chi connectivity index (χ1n) is 3.79. The maximum atomic E-state index is 11.1. The lowest BCUT2D eigenvalue weighted by Crippen LogP contribution is -2.07. The highest BCUT2D eigenvalue weighted by molar-refractivity contribution is 5.72. The van der Waals surface area contributed by atoms with E-state index in [1.807, 2.05) is 0 Å². The summed E-state index contributed by atoms with van der Waals surface area (Å²) in [7, 11) is 0. The predicted molar refractivity (Wildman–Crippen MR) is 46.6 cm³/mol. The van der Waals surface area contributed by atoms with Gasteiger partial charge in [-0.15, -0.1) is 0 Å². The van der Waals surface area contributed by atoms with Gasteiger partial charge in [-0.25, -0.2) is 9.97 Å². The Balaban J connectivity index is 2.50. The Morgan fingerprint density at radius 1 is 1.69 bits per heavy atom. The van der Waals surface area contributed by atoms with Crippen molar-refractivity contribution >= 4 is 5.97 Å². The number of carbonyl (C=O) groups is 1. The Hall–Kier alpha value is -1.71. The van der Waals surface area contributed by atoms with Gasteiger partial charge in [0.15, 0.2) is 0 Å². The van der Waals surface area contributed by atoms with E-state index in [1.165, 1.54) is 6.33 Å². The van der Waals surface area contributed by atoms with Crippen LogP contribution in [0.5, 0.6) is 0 Å². The summed E-state index contributed by atoms with van der Waals surface area (Å²) in [6.07, 6.45) is 3.12. The van der Waals surface area contributed by atoms with Gasteiger partial charge in [0.05, 0.1) is 17.9 Å². The zero-order valence-electron chi connectivity index (χ0n) is 7.36. The van der Waals surface area contributed by atoms with E-state index in [0.717, 1.165) is 0 Å². The number of nitrogens with zero attached hydrogens (tertiary/aromatic N) is 2. The molecule has 0 saturated carbocycles. The van der Waals surface area contributed by atoms with Gasteiger partial charge in [-0.1, -0.05) is 6.58 Å². The third-order valence-electron chi connectivity index (χ3n) is 1.26. The predicted octanol–water partition coefficient (Wildman–Crippen LogP) is 1.10. The molecule has 0 aromatic carbocycles. The average molecular weight is 178 g/mol. The largest absolute Gasteiger partial charge is 0.432 e. The topological polar surface area (TPSA) is 52.1 Å². The van der Waals surface area contributed by atoms with Gasteiger partial charge in [0.25, 0.3) is 0 Å². The van der Waals surface area contributed by atoms with Gasteiger partial charge in [-0.2, -0.15) is 0 Å². The first kappa shape index (κ1) is 9.38. The fourth-order valence-corrected chi connectivity index (χ4v) is 0.801. The van der Waals surface area contributed by atoms with Crippen LogP contribution in [0.2, 0.25) is 0 Å². The highest BCUT2D eigenvalue weighted by Crippen LogP contribution is 1.98. The maximum Gasteiger partial charge on any atom is 0.316 e. The van der Waals surface area contributed by atoms with Crippen molar-refractivity contribution < 1.29 is 9.53 Å². The number of hydrogen-bond acceptors (Lipinski definition) is 4. The smallest absolute Gasteiger partial charge is 0.316 e. The minimum absolute atomic E-state index is 0.148. The second-order valence-electron chi connectivity index (χ2n) is 2.55. The number of aromatic nitrogens is 2. The molecule has 0 atom stereocenters. The average Bonchev–Trinajstić information content (AvgIpc) is 2.04. The van der Waals surface area contributed by atoms with Crippen LogP contribution in [0.1, 0.15) is 12.6 Å². The zero-order chi connectivity index (χ0) is 9.68. The van der Waals surface area contributed by atoms with Crippen LogP contribution in [0.3, 0.4) is 0 Å². The third kappa shape index (κ3) is 3.46. The van der Waals surface area contributed by atoms with Gasteiger partial charge in [-0.3, -0.25) is 4.79 Å². The molecule has 1 rings (SSSR count). The van der Waals surface area contributed by atoms with Crippen molar-refractivity contribution in [3.63, 3.8) is 0 Å². The molecule has 0 N–H and O–H groups in total. The SMILES string of the molecule is C=C(C)OC(=O)Cc1ccncn1. The summed E-state index contributed by atoms with van der Waals surface area (Å²) in [5, 5.41) is 0. The van der Waals surface area contributed by atoms with Crippen LogP contribution in [-0.2, 0) is 16.0 Å². The summed E-state index contributed by atoms with van der Waals surface area (Å²) in [5.74, 6) is 0.0326. The van der Waals surface area contributed by atoms with Crippen LogP contribution in [0.15, 0.2) is 30.9 Å². The highest BCUT2D eigenvalue weighted by atomic mass is 16.5. The Bertz CT molecular complexity index is 309. The Kier molecular flexibility index (Phi) is 3.14. The van der Waals surface area contributed by atoms with Gasteiger partial charge >= 0.3 is 5.97 Å². The van der Waals surface area contributed by atoms with E-state index >= 15 is 0 Å². The lowest BCUT2D eigenvalue weighted by molar-refractivity contribution is -0.138. The fraction of sp³-hybridized carbons (Fsp3) is 0.222. The Morgan fingerprint density at radius 2 is 2.46 bits per heavy atom. The first-order chi connectivity index (χ1) is 6.18. The fourth-order valence-electron chi connectivity index (χ4n) is 0.801. The summed E-state index contributed by atoms with van der Waals surface area (Å²) in [6, 6.07) is 1.67. The normalized spacial score (nSPS) is 9.31. The number of esters is 1. The van der Waals surface area contributed by atoms with Crippen molar-refractivity contribution in [3.8, 4) is 0 Å². The van der Waals surface area contributed by atoms with Crippen molar-refractivity contribution in [2.24, 2.45) is 0 Å². The van der Waals surface area contributed by atoms with Crippen LogP contribution in [0, 0.1) is 0 Å². The summed E-state index contributed by atoms with van der Waals surface area (Å²) in [5.41, 5.74) is 0.640. The molecule has 1 heterocycles. The molecule has 0 radical (unpaired) electrons. The van der Waals surface area contributed by atoms with Crippen molar-refractivity contribution in [3.05, 3.63) is 36.6 Å². The lowest BCUT2D eigenvalue weighted by Gasteiger charge is -2.01. The molecule has 4 nitrogen and oxygen atoms in total. The molecule has 0 bridgehead atoms. The van der Waals surface area contributed by atoms with Gasteiger partial charge in [0, 0.05) is 6.20 Å². The zero-order valence-corrected chi connectivity index (χ0v) is 7.36. The number of ether oxygens (including phenoxy) is 1. The molecular weight excluding hydrogens is 168 g/mol. The molecule has 1 aromatic rings. The van der Waals surface area contributed by atoms with Crippen LogP contribution in [-0.4, -0.2) is 15.9 Å². The van der Waals surface area contributed by atoms with Crippen molar-refractivity contribution in [2.45, 2.75) is 13.3 Å². The molecule has 13 heavy (non-hydrogen) atoms. The van der Waals surface area contributed by atoms with Crippen LogP contribution >= 0.6 is 0 Å². The summed E-state index contributed by atoms with van der Waals surface area (Å²) in [4.78, 5) is 18.7. The van der Waals surface area contributed by atoms with Gasteiger partial charge in [-0.05, 0) is 13.0 Å². The number of hydrogen-bond donors (Lipinski definition) is 0. The van der Waals surface area contributed by atoms with Crippen LogP contribution in [0.4, 0.5) is 0 Å². The Labute approximate surface area is 76.3 Å². The van der Waals surface area contributed by atoms with Gasteiger partial charge in [0.2, 0.25) is 0 Å². The Morgan fingerprint density at radius 3 is 3.00 bits per heavy atom. The van der Waals surface area contributed by atoms with Gasteiger partial charge in [0.1, 0.15) is 6.33 Å². The van der Waals surface area contributed by atoms with E-state index in [-0.39, 0.29) is 12.4 Å². The second-order valence-corrected chi connectivity index (χ2v) is 2.55. The molecule has 1 aromatic heterocycles. The number of allylic oxidation sites excluding steroid dienone is 1. The van der Waals surface area contributed by atoms with Crippen LogP contribution in [0.25, 0.3) is 0 Å². The molecule has 68 valence electrons. The molecule has 0 saturated heterocycles. The third-order valence-corrected chi connectivity index (χ3v) is 1.26. The molecule has 0 unspecified atom stereocenters. The standard InChI is InChI=1S/C9H10N2O2/c1-7(2)13-9(12)5-8-3-4-10-6-11-8/h3-4,6H,1,5H2,2H3. The van der Waals surface area contributed by atoms with Gasteiger partial charge < -0.3 is 4.74 Å². The first-order valence-corrected chi connectivity index (χ1v) is 3.79. The summed E-state index contributed by atoms with van der Waals surface area (Å²) < 4.78 is 4.76. The van der Waals surface area contributed by atoms with E-state index in [2.05, 4.69) is 16.5 Å². The van der Waals surface area contributed by atoms with E-state index in [0.29, 0.717) is 11.5 Å². The van der Waals surface area contributed by atoms with Crippen LogP contribution < -0.4 is 0 Å². The summed E-state index contributed by atoms with van der Waals surface area (Å²) >= 11 is 0. The monoisotopic (exact) mass is 178 g/mol. The number of carbonyl (C=O) groups excluding carboxylic acids is 1. The lowest BCUT2D eigenvalue weighted by atomic mass is 10.3. The van der Waals surface area contributed by atoms with E-state index in [1.54, 1.807) is 19.2 Å². The van der Waals surface area contributed by atoms with Crippen molar-refractivity contribution in [2.75, 3.05) is 0 Å². The minimum Gasteiger partial charge on any atom is -0.432 e. The quantitative estimate of drug-likeness (QED) is 0.513. The van der Waals surface area contributed by atoms with Crippen molar-refractivity contribution in [1.82, 2.24) is 9.97 Å². The molecule has 0 fully saturated rings. The number of rotatable bonds is 3. The minimum atomic E-state index is -0.355. The second kappa shape index (κ2) is 4.35. The molecule has 0 aliphatic rings. The molecular formula is C9H10N2O2. The van der Waals surface area contributed by atoms with E-state index in [9.17, 15) is 4.79 Å². The van der Waals surface area contributed by atoms with Crippen molar-refractivity contribution in [1.29, 1.82) is 0 Å². The molecule has 0 aliphatic carbocycles.